The molecule has 0 N–H and O–H groups in total. The van der Waals surface area contributed by atoms with Crippen molar-refractivity contribution in [3.63, 3.8) is 0 Å². The molecule has 0 aliphatic heterocycles. The van der Waals surface area contributed by atoms with E-state index in [-0.39, 0.29) is 0 Å². The molecule has 0 aliphatic carbocycles. The highest BCUT2D eigenvalue weighted by molar-refractivity contribution is 7.99. The van der Waals surface area contributed by atoms with Gasteiger partial charge in [-0.3, -0.25) is 4.79 Å². The van der Waals surface area contributed by atoms with Crippen LogP contribution in [0.5, 0.6) is 0 Å². The van der Waals surface area contributed by atoms with E-state index < -0.39 is 0 Å². The Morgan fingerprint density at radius 3 is 2.88 bits per heavy atom. The Morgan fingerprint density at radius 2 is 2.31 bits per heavy atom. The van der Waals surface area contributed by atoms with Gasteiger partial charge in [0.15, 0.2) is 5.16 Å². The minimum atomic E-state index is 0.539. The highest BCUT2D eigenvalue weighted by Gasteiger charge is 2.07. The number of carbonyl (C=O) groups excluding carboxylic acids is 1. The van der Waals surface area contributed by atoms with Crippen molar-refractivity contribution in [2.45, 2.75) is 10.1 Å². The summed E-state index contributed by atoms with van der Waals surface area (Å²) in [4.78, 5) is 11.4. The lowest BCUT2D eigenvalue weighted by Crippen LogP contribution is -1.89. The maximum atomic E-state index is 10.5. The fourth-order valence-corrected chi connectivity index (χ4v) is 2.21. The maximum absolute atomic E-state index is 10.5. The van der Waals surface area contributed by atoms with Crippen LogP contribution in [0.15, 0.2) is 34.6 Å². The van der Waals surface area contributed by atoms with Crippen molar-refractivity contribution < 1.29 is 4.79 Å². The van der Waals surface area contributed by atoms with Crippen LogP contribution in [0.2, 0.25) is 5.02 Å². The third kappa shape index (κ3) is 2.25. The van der Waals surface area contributed by atoms with Crippen molar-refractivity contribution in [1.29, 1.82) is 0 Å². The van der Waals surface area contributed by atoms with E-state index in [9.17, 15) is 4.79 Å². The molecule has 1 aromatic carbocycles. The first-order valence-corrected chi connectivity index (χ1v) is 5.66. The zero-order chi connectivity index (χ0) is 11.5. The van der Waals surface area contributed by atoms with Crippen LogP contribution in [0.1, 0.15) is 10.4 Å². The molecule has 2 rings (SSSR count). The minimum Gasteiger partial charge on any atom is -0.311 e. The Labute approximate surface area is 102 Å². The number of hydrogen-bond acceptors (Lipinski definition) is 4. The first kappa shape index (κ1) is 11.2. The molecule has 1 heterocycles. The highest BCUT2D eigenvalue weighted by atomic mass is 35.5. The van der Waals surface area contributed by atoms with Gasteiger partial charge in [-0.15, -0.1) is 10.2 Å². The molecule has 0 fully saturated rings. The van der Waals surface area contributed by atoms with Crippen molar-refractivity contribution in [3.05, 3.63) is 35.1 Å². The first-order chi connectivity index (χ1) is 7.70. The molecule has 0 amide bonds. The summed E-state index contributed by atoms with van der Waals surface area (Å²) in [6, 6.07) is 5.15. The molecule has 82 valence electrons. The fourth-order valence-electron chi connectivity index (χ4n) is 1.14. The number of hydrogen-bond donors (Lipinski definition) is 0. The van der Waals surface area contributed by atoms with Gasteiger partial charge in [-0.1, -0.05) is 17.7 Å². The molecule has 1 aromatic heterocycles. The molecule has 0 saturated heterocycles. The molecule has 6 heteroatoms. The van der Waals surface area contributed by atoms with Crippen LogP contribution in [0.3, 0.4) is 0 Å². The summed E-state index contributed by atoms with van der Waals surface area (Å²) in [6.07, 6.45) is 2.39. The Kier molecular flexibility index (Phi) is 3.26. The number of benzene rings is 1. The van der Waals surface area contributed by atoms with Crippen molar-refractivity contribution in [1.82, 2.24) is 14.8 Å². The first-order valence-electron chi connectivity index (χ1n) is 4.47. The van der Waals surface area contributed by atoms with Crippen LogP contribution >= 0.6 is 23.4 Å². The quantitative estimate of drug-likeness (QED) is 0.789. The largest absolute Gasteiger partial charge is 0.311 e. The van der Waals surface area contributed by atoms with E-state index in [2.05, 4.69) is 10.2 Å². The fraction of sp³-hybridized carbons (Fsp3) is 0.100. The summed E-state index contributed by atoms with van der Waals surface area (Å²) in [6.45, 7) is 0. The van der Waals surface area contributed by atoms with Crippen LogP contribution in [0.25, 0.3) is 0 Å². The number of aryl methyl sites for hydroxylation is 1. The van der Waals surface area contributed by atoms with E-state index in [4.69, 9.17) is 11.6 Å². The van der Waals surface area contributed by atoms with Gasteiger partial charge < -0.3 is 4.57 Å². The lowest BCUT2D eigenvalue weighted by Gasteiger charge is -2.03. The van der Waals surface area contributed by atoms with Gasteiger partial charge in [0.25, 0.3) is 0 Å². The van der Waals surface area contributed by atoms with E-state index in [1.165, 1.54) is 11.8 Å². The molecule has 0 spiro atoms. The lowest BCUT2D eigenvalue weighted by molar-refractivity contribution is 0.112. The van der Waals surface area contributed by atoms with Gasteiger partial charge in [0, 0.05) is 17.5 Å². The van der Waals surface area contributed by atoms with E-state index in [0.717, 1.165) is 16.3 Å². The van der Waals surface area contributed by atoms with Crippen LogP contribution in [-0.4, -0.2) is 21.1 Å². The molecule has 16 heavy (non-hydrogen) atoms. The summed E-state index contributed by atoms with van der Waals surface area (Å²) < 4.78 is 1.80. The average molecular weight is 254 g/mol. The normalized spacial score (nSPS) is 10.4. The Hall–Kier alpha value is -1.33. The van der Waals surface area contributed by atoms with Crippen LogP contribution in [0.4, 0.5) is 0 Å². The van der Waals surface area contributed by atoms with Crippen molar-refractivity contribution >= 4 is 29.6 Å². The van der Waals surface area contributed by atoms with E-state index in [1.807, 2.05) is 7.05 Å². The van der Waals surface area contributed by atoms with E-state index in [1.54, 1.807) is 29.1 Å². The smallest absolute Gasteiger partial charge is 0.195 e. The van der Waals surface area contributed by atoms with Gasteiger partial charge in [0.1, 0.15) is 12.6 Å². The molecule has 0 bridgehead atoms. The van der Waals surface area contributed by atoms with Gasteiger partial charge in [-0.05, 0) is 23.9 Å². The summed E-state index contributed by atoms with van der Waals surface area (Å²) in [7, 11) is 1.86. The number of halogens is 1. The van der Waals surface area contributed by atoms with Crippen LogP contribution in [-0.2, 0) is 7.05 Å². The van der Waals surface area contributed by atoms with Crippen molar-refractivity contribution in [2.75, 3.05) is 0 Å². The predicted molar refractivity (Wildman–Crippen MR) is 62.0 cm³/mol. The summed E-state index contributed by atoms with van der Waals surface area (Å²) >= 11 is 7.45. The molecule has 0 radical (unpaired) electrons. The zero-order valence-corrected chi connectivity index (χ0v) is 10.00. The molecule has 4 nitrogen and oxygen atoms in total. The molecule has 0 saturated carbocycles. The zero-order valence-electron chi connectivity index (χ0n) is 8.42. The summed E-state index contributed by atoms with van der Waals surface area (Å²) in [5.74, 6) is 0. The second kappa shape index (κ2) is 4.67. The third-order valence-corrected chi connectivity index (χ3v) is 3.52. The highest BCUT2D eigenvalue weighted by Crippen LogP contribution is 2.31. The second-order valence-corrected chi connectivity index (χ2v) is 4.55. The number of aromatic nitrogens is 3. The number of carbonyl (C=O) groups is 1. The molecule has 0 atom stereocenters. The Morgan fingerprint density at radius 1 is 1.50 bits per heavy atom. The molecular weight excluding hydrogens is 246 g/mol. The van der Waals surface area contributed by atoms with Crippen LogP contribution < -0.4 is 0 Å². The summed E-state index contributed by atoms with van der Waals surface area (Å²) in [5.41, 5.74) is 0.562. The number of nitrogens with zero attached hydrogens (tertiary/aromatic N) is 3. The maximum Gasteiger partial charge on any atom is 0.195 e. The number of aldehydes is 1. The van der Waals surface area contributed by atoms with Crippen molar-refractivity contribution in [3.8, 4) is 0 Å². The SMILES string of the molecule is Cn1cnnc1Sc1ccc(C=O)cc1Cl. The topological polar surface area (TPSA) is 47.8 Å². The predicted octanol–water partition coefficient (Wildman–Crippen LogP) is 2.43. The van der Waals surface area contributed by atoms with Crippen molar-refractivity contribution in [2.24, 2.45) is 7.05 Å². The second-order valence-electron chi connectivity index (χ2n) is 3.13. The van der Waals surface area contributed by atoms with E-state index in [0.29, 0.717) is 10.6 Å². The number of rotatable bonds is 3. The van der Waals surface area contributed by atoms with Gasteiger partial charge >= 0.3 is 0 Å². The molecule has 0 aliphatic rings. The average Bonchev–Trinajstić information content (AvgIpc) is 2.67. The third-order valence-electron chi connectivity index (χ3n) is 1.96. The molecule has 0 unspecified atom stereocenters. The molecule has 2 aromatic rings. The van der Waals surface area contributed by atoms with Gasteiger partial charge in [-0.25, -0.2) is 0 Å². The minimum absolute atomic E-state index is 0.539. The van der Waals surface area contributed by atoms with Gasteiger partial charge in [0.05, 0.1) is 5.02 Å². The van der Waals surface area contributed by atoms with Gasteiger partial charge in [-0.2, -0.15) is 0 Å². The standard InChI is InChI=1S/C10H8ClN3OS/c1-14-6-12-13-10(14)16-9-3-2-7(5-15)4-8(9)11/h2-6H,1H3. The summed E-state index contributed by atoms with van der Waals surface area (Å²) in [5, 5.41) is 9.01. The molecular formula is C10H8ClN3OS. The Balaban J connectivity index is 2.29. The monoisotopic (exact) mass is 253 g/mol. The lowest BCUT2D eigenvalue weighted by atomic mass is 10.2. The van der Waals surface area contributed by atoms with Gasteiger partial charge in [0.2, 0.25) is 0 Å². The Bertz CT molecular complexity index is 527. The van der Waals surface area contributed by atoms with E-state index >= 15 is 0 Å². The van der Waals surface area contributed by atoms with Crippen LogP contribution in [0, 0.1) is 0 Å².